The molecule has 1 amide bonds. The van der Waals surface area contributed by atoms with Crippen LogP contribution in [0.3, 0.4) is 0 Å². The maximum Gasteiger partial charge on any atom is 0.258 e. The highest BCUT2D eigenvalue weighted by molar-refractivity contribution is 5.88. The number of aryl methyl sites for hydroxylation is 1. The number of rotatable bonds is 6. The Morgan fingerprint density at radius 2 is 2.00 bits per heavy atom. The highest BCUT2D eigenvalue weighted by Gasteiger charge is 2.20. The maximum absolute atomic E-state index is 13.4. The van der Waals surface area contributed by atoms with Crippen molar-refractivity contribution in [3.05, 3.63) is 29.6 Å². The van der Waals surface area contributed by atoms with E-state index in [-0.39, 0.29) is 24.1 Å². The van der Waals surface area contributed by atoms with Crippen LogP contribution < -0.4 is 10.1 Å². The third-order valence-corrected chi connectivity index (χ3v) is 2.87. The number of nitrogens with one attached hydrogen (secondary N) is 1. The van der Waals surface area contributed by atoms with E-state index in [0.717, 1.165) is 5.56 Å². The molecule has 0 fully saturated rings. The summed E-state index contributed by atoms with van der Waals surface area (Å²) in [6, 6.07) is 3.88. The Balaban J connectivity index is 2.59. The SMILES string of the molecule is CC(=O)C(NC(=O)COc1cc(C)ccc1F)C(C)C. The van der Waals surface area contributed by atoms with Crippen molar-refractivity contribution in [2.75, 3.05) is 6.61 Å². The van der Waals surface area contributed by atoms with Crippen LogP contribution in [0.1, 0.15) is 26.3 Å². The van der Waals surface area contributed by atoms with Gasteiger partial charge in [0.15, 0.2) is 24.0 Å². The Hall–Kier alpha value is -1.91. The first kappa shape index (κ1) is 16.1. The van der Waals surface area contributed by atoms with Crippen LogP contribution in [0, 0.1) is 18.7 Å². The first-order valence-electron chi connectivity index (χ1n) is 6.50. The highest BCUT2D eigenvalue weighted by atomic mass is 19.1. The van der Waals surface area contributed by atoms with Crippen molar-refractivity contribution in [2.45, 2.75) is 33.7 Å². The van der Waals surface area contributed by atoms with Crippen LogP contribution in [0.15, 0.2) is 18.2 Å². The van der Waals surface area contributed by atoms with Crippen LogP contribution in [0.2, 0.25) is 0 Å². The summed E-state index contributed by atoms with van der Waals surface area (Å²) < 4.78 is 18.6. The minimum atomic E-state index is -0.548. The molecule has 0 heterocycles. The summed E-state index contributed by atoms with van der Waals surface area (Å²) in [6.07, 6.45) is 0. The largest absolute Gasteiger partial charge is 0.481 e. The zero-order chi connectivity index (χ0) is 15.3. The average Bonchev–Trinajstić information content (AvgIpc) is 2.36. The molecule has 1 atom stereocenters. The van der Waals surface area contributed by atoms with Crippen LogP contribution in [0.4, 0.5) is 4.39 Å². The minimum absolute atomic E-state index is 0.00726. The lowest BCUT2D eigenvalue weighted by Crippen LogP contribution is -2.45. The van der Waals surface area contributed by atoms with Gasteiger partial charge < -0.3 is 10.1 Å². The van der Waals surface area contributed by atoms with Crippen molar-refractivity contribution >= 4 is 11.7 Å². The molecule has 0 aliphatic rings. The Bertz CT molecular complexity index is 500. The lowest BCUT2D eigenvalue weighted by atomic mass is 10.0. The van der Waals surface area contributed by atoms with Gasteiger partial charge >= 0.3 is 0 Å². The number of carbonyl (C=O) groups excluding carboxylic acids is 2. The van der Waals surface area contributed by atoms with E-state index in [2.05, 4.69) is 5.32 Å². The predicted molar refractivity (Wildman–Crippen MR) is 74.1 cm³/mol. The summed E-state index contributed by atoms with van der Waals surface area (Å²) in [7, 11) is 0. The first-order valence-corrected chi connectivity index (χ1v) is 6.50. The van der Waals surface area contributed by atoms with E-state index in [1.807, 2.05) is 13.8 Å². The maximum atomic E-state index is 13.4. The van der Waals surface area contributed by atoms with Crippen molar-refractivity contribution in [3.63, 3.8) is 0 Å². The lowest BCUT2D eigenvalue weighted by Gasteiger charge is -2.19. The molecule has 0 aromatic heterocycles. The summed E-state index contributed by atoms with van der Waals surface area (Å²) in [5, 5.41) is 2.58. The molecule has 4 nitrogen and oxygen atoms in total. The van der Waals surface area contributed by atoms with Gasteiger partial charge in [-0.15, -0.1) is 0 Å². The van der Waals surface area contributed by atoms with Crippen LogP contribution in [-0.2, 0) is 9.59 Å². The monoisotopic (exact) mass is 281 g/mol. The third-order valence-electron chi connectivity index (χ3n) is 2.87. The molecule has 1 aromatic carbocycles. The number of benzene rings is 1. The second-order valence-electron chi connectivity index (χ2n) is 5.12. The molecule has 0 bridgehead atoms. The van der Waals surface area contributed by atoms with Gasteiger partial charge in [-0.25, -0.2) is 4.39 Å². The number of hydrogen-bond acceptors (Lipinski definition) is 3. The van der Waals surface area contributed by atoms with Crippen molar-refractivity contribution in [1.29, 1.82) is 0 Å². The number of Topliss-reactive ketones (excluding diaryl/α,β-unsaturated/α-hetero) is 1. The Labute approximate surface area is 118 Å². The summed E-state index contributed by atoms with van der Waals surface area (Å²) >= 11 is 0. The predicted octanol–water partition coefficient (Wildman–Crippen LogP) is 2.24. The molecule has 0 aliphatic carbocycles. The fourth-order valence-electron chi connectivity index (χ4n) is 1.82. The van der Waals surface area contributed by atoms with Crippen LogP contribution >= 0.6 is 0 Å². The molecule has 5 heteroatoms. The van der Waals surface area contributed by atoms with Crippen LogP contribution in [0.5, 0.6) is 5.75 Å². The van der Waals surface area contributed by atoms with Crippen molar-refractivity contribution in [2.24, 2.45) is 5.92 Å². The van der Waals surface area contributed by atoms with Crippen molar-refractivity contribution in [1.82, 2.24) is 5.32 Å². The standard InChI is InChI=1S/C15H20FNO3/c1-9(2)15(11(4)18)17-14(19)8-20-13-7-10(3)5-6-12(13)16/h5-7,9,15H,8H2,1-4H3,(H,17,19). The van der Waals surface area contributed by atoms with Gasteiger partial charge in [-0.05, 0) is 37.5 Å². The van der Waals surface area contributed by atoms with Crippen molar-refractivity contribution < 1.29 is 18.7 Å². The summed E-state index contributed by atoms with van der Waals surface area (Å²) in [5.41, 5.74) is 0.839. The molecule has 0 saturated carbocycles. The third kappa shape index (κ3) is 4.64. The molecule has 20 heavy (non-hydrogen) atoms. The van der Waals surface area contributed by atoms with E-state index < -0.39 is 17.8 Å². The van der Waals surface area contributed by atoms with E-state index in [0.29, 0.717) is 0 Å². The molecule has 1 unspecified atom stereocenters. The Morgan fingerprint density at radius 1 is 1.35 bits per heavy atom. The van der Waals surface area contributed by atoms with Gasteiger partial charge in [0.25, 0.3) is 5.91 Å². The zero-order valence-electron chi connectivity index (χ0n) is 12.2. The first-order chi connectivity index (χ1) is 9.31. The van der Waals surface area contributed by atoms with E-state index in [1.54, 1.807) is 13.0 Å². The van der Waals surface area contributed by atoms with E-state index in [9.17, 15) is 14.0 Å². The normalized spacial score (nSPS) is 12.1. The molecule has 1 N–H and O–H groups in total. The molecule has 110 valence electrons. The van der Waals surface area contributed by atoms with Gasteiger partial charge in [-0.3, -0.25) is 9.59 Å². The molecule has 1 rings (SSSR count). The zero-order valence-corrected chi connectivity index (χ0v) is 12.2. The number of ketones is 1. The number of hydrogen-bond donors (Lipinski definition) is 1. The molecular formula is C15H20FNO3. The minimum Gasteiger partial charge on any atom is -0.481 e. The average molecular weight is 281 g/mol. The quantitative estimate of drug-likeness (QED) is 0.870. The number of halogens is 1. The lowest BCUT2D eigenvalue weighted by molar-refractivity contribution is -0.129. The van der Waals surface area contributed by atoms with Gasteiger partial charge in [0.2, 0.25) is 0 Å². The fourth-order valence-corrected chi connectivity index (χ4v) is 1.82. The number of ether oxygens (including phenoxy) is 1. The summed E-state index contributed by atoms with van der Waals surface area (Å²) in [5.74, 6) is -1.05. The molecule has 0 saturated heterocycles. The van der Waals surface area contributed by atoms with E-state index in [1.165, 1.54) is 19.1 Å². The fraction of sp³-hybridized carbons (Fsp3) is 0.467. The van der Waals surface area contributed by atoms with E-state index >= 15 is 0 Å². The molecular weight excluding hydrogens is 261 g/mol. The molecule has 0 spiro atoms. The summed E-state index contributed by atoms with van der Waals surface area (Å²) in [6.45, 7) is 6.58. The van der Waals surface area contributed by atoms with Gasteiger partial charge in [0.05, 0.1) is 6.04 Å². The second kappa shape index (κ2) is 7.03. The van der Waals surface area contributed by atoms with Gasteiger partial charge in [-0.2, -0.15) is 0 Å². The Morgan fingerprint density at radius 3 is 2.55 bits per heavy atom. The topological polar surface area (TPSA) is 55.4 Å². The van der Waals surface area contributed by atoms with Crippen LogP contribution in [-0.4, -0.2) is 24.3 Å². The van der Waals surface area contributed by atoms with Crippen LogP contribution in [0.25, 0.3) is 0 Å². The van der Waals surface area contributed by atoms with Crippen molar-refractivity contribution in [3.8, 4) is 5.75 Å². The van der Waals surface area contributed by atoms with Gasteiger partial charge in [-0.1, -0.05) is 19.9 Å². The van der Waals surface area contributed by atoms with Gasteiger partial charge in [0.1, 0.15) is 0 Å². The molecule has 0 radical (unpaired) electrons. The smallest absolute Gasteiger partial charge is 0.258 e. The highest BCUT2D eigenvalue weighted by Crippen LogP contribution is 2.18. The van der Waals surface area contributed by atoms with Gasteiger partial charge in [0, 0.05) is 0 Å². The second-order valence-corrected chi connectivity index (χ2v) is 5.12. The number of carbonyl (C=O) groups is 2. The molecule has 1 aromatic rings. The number of amides is 1. The summed E-state index contributed by atoms with van der Waals surface area (Å²) in [4.78, 5) is 23.1. The Kier molecular flexibility index (Phi) is 5.67. The molecule has 0 aliphatic heterocycles. The van der Waals surface area contributed by atoms with E-state index in [4.69, 9.17) is 4.74 Å².